The number of carbonyl (C=O) groups excluding carboxylic acids is 1. The molecule has 21 heavy (non-hydrogen) atoms. The summed E-state index contributed by atoms with van der Waals surface area (Å²) < 4.78 is 10.6. The SMILES string of the molecule is C#CCN(CC1CC1)C(=O)/C=C/c1ccc2c(c1)OCO2. The van der Waals surface area contributed by atoms with E-state index < -0.39 is 0 Å². The minimum atomic E-state index is -0.0440. The molecule has 3 rings (SSSR count). The molecule has 4 nitrogen and oxygen atoms in total. The zero-order valence-corrected chi connectivity index (χ0v) is 11.7. The third kappa shape index (κ3) is 3.38. The first kappa shape index (κ1) is 13.6. The van der Waals surface area contributed by atoms with Crippen LogP contribution in [-0.2, 0) is 4.79 Å². The van der Waals surface area contributed by atoms with Crippen molar-refractivity contribution < 1.29 is 14.3 Å². The Kier molecular flexibility index (Phi) is 3.83. The maximum atomic E-state index is 12.2. The minimum Gasteiger partial charge on any atom is -0.454 e. The standard InChI is InChI=1S/C17H17NO3/c1-2-9-18(11-14-3-4-14)17(19)8-6-13-5-7-15-16(10-13)21-12-20-15/h1,5-8,10,14H,3-4,9,11-12H2/b8-6+. The second-order valence-electron chi connectivity index (χ2n) is 5.31. The second-order valence-corrected chi connectivity index (χ2v) is 5.31. The lowest BCUT2D eigenvalue weighted by atomic mass is 10.2. The van der Waals surface area contributed by atoms with Crippen molar-refractivity contribution in [3.05, 3.63) is 29.8 Å². The number of amides is 1. The van der Waals surface area contributed by atoms with Gasteiger partial charge in [-0.3, -0.25) is 4.79 Å². The van der Waals surface area contributed by atoms with Crippen molar-refractivity contribution in [3.8, 4) is 23.8 Å². The van der Waals surface area contributed by atoms with Gasteiger partial charge in [0.05, 0.1) is 6.54 Å². The number of benzene rings is 1. The topological polar surface area (TPSA) is 38.8 Å². The number of fused-ring (bicyclic) bond motifs is 1. The predicted octanol–water partition coefficient (Wildman–Crippen LogP) is 2.30. The van der Waals surface area contributed by atoms with Crippen LogP contribution in [0, 0.1) is 18.3 Å². The highest BCUT2D eigenvalue weighted by Crippen LogP contribution is 2.33. The van der Waals surface area contributed by atoms with Gasteiger partial charge in [-0.25, -0.2) is 0 Å². The van der Waals surface area contributed by atoms with Crippen LogP contribution in [-0.4, -0.2) is 30.7 Å². The maximum absolute atomic E-state index is 12.2. The van der Waals surface area contributed by atoms with Gasteiger partial charge in [0.25, 0.3) is 0 Å². The van der Waals surface area contributed by atoms with Gasteiger partial charge in [-0.1, -0.05) is 12.0 Å². The van der Waals surface area contributed by atoms with E-state index in [-0.39, 0.29) is 12.7 Å². The van der Waals surface area contributed by atoms with Crippen LogP contribution in [0.15, 0.2) is 24.3 Å². The molecule has 2 aliphatic rings. The molecule has 1 amide bonds. The van der Waals surface area contributed by atoms with Gasteiger partial charge in [-0.05, 0) is 42.5 Å². The van der Waals surface area contributed by atoms with E-state index in [4.69, 9.17) is 15.9 Å². The number of rotatable bonds is 5. The fraction of sp³-hybridized carbons (Fsp3) is 0.353. The zero-order chi connectivity index (χ0) is 14.7. The third-order valence-corrected chi connectivity index (χ3v) is 3.58. The third-order valence-electron chi connectivity index (χ3n) is 3.58. The Bertz CT molecular complexity index is 611. The van der Waals surface area contributed by atoms with Gasteiger partial charge in [0.15, 0.2) is 11.5 Å². The van der Waals surface area contributed by atoms with Crippen molar-refractivity contribution in [3.63, 3.8) is 0 Å². The van der Waals surface area contributed by atoms with E-state index in [0.717, 1.165) is 17.9 Å². The van der Waals surface area contributed by atoms with Crippen LogP contribution in [0.4, 0.5) is 0 Å². The number of ether oxygens (including phenoxy) is 2. The van der Waals surface area contributed by atoms with E-state index >= 15 is 0 Å². The van der Waals surface area contributed by atoms with E-state index in [1.807, 2.05) is 18.2 Å². The van der Waals surface area contributed by atoms with Gasteiger partial charge in [-0.2, -0.15) is 0 Å². The molecule has 108 valence electrons. The van der Waals surface area contributed by atoms with Crippen LogP contribution in [0.3, 0.4) is 0 Å². The Labute approximate surface area is 124 Å². The predicted molar refractivity (Wildman–Crippen MR) is 79.7 cm³/mol. The van der Waals surface area contributed by atoms with Crippen LogP contribution in [0.1, 0.15) is 18.4 Å². The van der Waals surface area contributed by atoms with E-state index in [9.17, 15) is 4.79 Å². The van der Waals surface area contributed by atoms with Gasteiger partial charge >= 0.3 is 0 Å². The molecule has 1 heterocycles. The summed E-state index contributed by atoms with van der Waals surface area (Å²) in [5.74, 6) is 4.58. The second kappa shape index (κ2) is 5.92. The summed E-state index contributed by atoms with van der Waals surface area (Å²) in [4.78, 5) is 13.9. The normalized spacial score (nSPS) is 16.0. The van der Waals surface area contributed by atoms with E-state index in [0.29, 0.717) is 18.2 Å². The molecule has 1 aliphatic heterocycles. The van der Waals surface area contributed by atoms with Gasteiger partial charge in [0.1, 0.15) is 0 Å². The average molecular weight is 283 g/mol. The van der Waals surface area contributed by atoms with Gasteiger partial charge in [0.2, 0.25) is 12.7 Å². The first-order chi connectivity index (χ1) is 10.3. The highest BCUT2D eigenvalue weighted by molar-refractivity contribution is 5.92. The van der Waals surface area contributed by atoms with Crippen LogP contribution >= 0.6 is 0 Å². The number of hydrogen-bond donors (Lipinski definition) is 0. The molecule has 0 spiro atoms. The molecular weight excluding hydrogens is 266 g/mol. The Balaban J connectivity index is 1.66. The summed E-state index contributed by atoms with van der Waals surface area (Å²) in [6, 6.07) is 5.60. The molecular formula is C17H17NO3. The van der Waals surface area contributed by atoms with E-state index in [2.05, 4.69) is 5.92 Å². The minimum absolute atomic E-state index is 0.0440. The lowest BCUT2D eigenvalue weighted by Gasteiger charge is -2.17. The summed E-state index contributed by atoms with van der Waals surface area (Å²) in [5.41, 5.74) is 0.902. The molecule has 0 unspecified atom stereocenters. The molecule has 0 bridgehead atoms. The summed E-state index contributed by atoms with van der Waals surface area (Å²) in [6.45, 7) is 1.37. The van der Waals surface area contributed by atoms with Gasteiger partial charge < -0.3 is 14.4 Å². The Morgan fingerprint density at radius 3 is 2.95 bits per heavy atom. The van der Waals surface area contributed by atoms with E-state index in [1.54, 1.807) is 17.1 Å². The van der Waals surface area contributed by atoms with Gasteiger partial charge in [0, 0.05) is 12.6 Å². The molecule has 0 aromatic heterocycles. The average Bonchev–Trinajstić information content (AvgIpc) is 3.18. The molecule has 1 aromatic rings. The fourth-order valence-corrected chi connectivity index (χ4v) is 2.24. The van der Waals surface area contributed by atoms with Crippen molar-refractivity contribution in [2.24, 2.45) is 5.92 Å². The van der Waals surface area contributed by atoms with Crippen molar-refractivity contribution in [1.29, 1.82) is 0 Å². The Hall–Kier alpha value is -2.41. The van der Waals surface area contributed by atoms with E-state index in [1.165, 1.54) is 12.8 Å². The van der Waals surface area contributed by atoms with Crippen molar-refractivity contribution >= 4 is 12.0 Å². The molecule has 0 N–H and O–H groups in total. The molecule has 0 atom stereocenters. The zero-order valence-electron chi connectivity index (χ0n) is 11.7. The van der Waals surface area contributed by atoms with Crippen molar-refractivity contribution in [1.82, 2.24) is 4.90 Å². The molecule has 1 aliphatic carbocycles. The smallest absolute Gasteiger partial charge is 0.247 e. The summed E-state index contributed by atoms with van der Waals surface area (Å²) in [7, 11) is 0. The molecule has 0 saturated heterocycles. The molecule has 0 radical (unpaired) electrons. The Morgan fingerprint density at radius 2 is 2.19 bits per heavy atom. The van der Waals surface area contributed by atoms with Crippen LogP contribution in [0.25, 0.3) is 6.08 Å². The quantitative estimate of drug-likeness (QED) is 0.615. The number of terminal acetylenes is 1. The molecule has 1 aromatic carbocycles. The molecule has 1 saturated carbocycles. The van der Waals surface area contributed by atoms with Crippen LogP contribution < -0.4 is 9.47 Å². The largest absolute Gasteiger partial charge is 0.454 e. The first-order valence-electron chi connectivity index (χ1n) is 7.06. The Morgan fingerprint density at radius 1 is 1.38 bits per heavy atom. The molecule has 4 heteroatoms. The summed E-state index contributed by atoms with van der Waals surface area (Å²) in [5, 5.41) is 0. The lowest BCUT2D eigenvalue weighted by molar-refractivity contribution is -0.125. The lowest BCUT2D eigenvalue weighted by Crippen LogP contribution is -2.31. The maximum Gasteiger partial charge on any atom is 0.247 e. The van der Waals surface area contributed by atoms with Gasteiger partial charge in [-0.15, -0.1) is 6.42 Å². The number of nitrogens with zero attached hydrogens (tertiary/aromatic N) is 1. The highest BCUT2D eigenvalue weighted by atomic mass is 16.7. The first-order valence-corrected chi connectivity index (χ1v) is 7.06. The summed E-state index contributed by atoms with van der Waals surface area (Å²) >= 11 is 0. The number of hydrogen-bond acceptors (Lipinski definition) is 3. The van der Waals surface area contributed by atoms with Crippen LogP contribution in [0.2, 0.25) is 0 Å². The monoisotopic (exact) mass is 283 g/mol. The summed E-state index contributed by atoms with van der Waals surface area (Å²) in [6.07, 6.45) is 11.1. The fourth-order valence-electron chi connectivity index (χ4n) is 2.24. The number of carbonyl (C=O) groups is 1. The van der Waals surface area contributed by atoms with Crippen molar-refractivity contribution in [2.45, 2.75) is 12.8 Å². The molecule has 1 fully saturated rings. The van der Waals surface area contributed by atoms with Crippen LogP contribution in [0.5, 0.6) is 11.5 Å². The van der Waals surface area contributed by atoms with Crippen molar-refractivity contribution in [2.75, 3.05) is 19.9 Å². The highest BCUT2D eigenvalue weighted by Gasteiger charge is 2.25.